The van der Waals surface area contributed by atoms with E-state index in [1.165, 1.54) is 16.9 Å². The molecule has 1 aromatic heterocycles. The zero-order chi connectivity index (χ0) is 13.8. The van der Waals surface area contributed by atoms with Crippen molar-refractivity contribution in [3.63, 3.8) is 0 Å². The summed E-state index contributed by atoms with van der Waals surface area (Å²) in [5.41, 5.74) is 1.19. The highest BCUT2D eigenvalue weighted by atomic mass is 79.9. The lowest BCUT2D eigenvalue weighted by molar-refractivity contribution is 0.0947. The SMILES string of the molecule is CN(CC(=O)c1ccc(Br)s1)Cc1ccccc1Br. The Morgan fingerprint density at radius 3 is 2.58 bits per heavy atom. The third-order valence-corrected chi connectivity index (χ3v) is 5.10. The number of halogens is 2. The number of ketones is 1. The van der Waals surface area contributed by atoms with Crippen LogP contribution in [0.3, 0.4) is 0 Å². The molecule has 2 nitrogen and oxygen atoms in total. The number of likely N-dealkylation sites (N-methyl/N-ethyl adjacent to an activating group) is 1. The Morgan fingerprint density at radius 2 is 1.95 bits per heavy atom. The average molecular weight is 403 g/mol. The first-order valence-corrected chi connectivity index (χ1v) is 8.17. The summed E-state index contributed by atoms with van der Waals surface area (Å²) in [5.74, 6) is 0.158. The minimum Gasteiger partial charge on any atom is -0.295 e. The summed E-state index contributed by atoms with van der Waals surface area (Å²) >= 11 is 8.38. The van der Waals surface area contributed by atoms with Crippen molar-refractivity contribution in [1.82, 2.24) is 4.90 Å². The first-order valence-electron chi connectivity index (χ1n) is 5.77. The number of benzene rings is 1. The maximum Gasteiger partial charge on any atom is 0.186 e. The number of thiophene rings is 1. The fourth-order valence-corrected chi connectivity index (χ4v) is 3.49. The van der Waals surface area contributed by atoms with Gasteiger partial charge in [0.05, 0.1) is 15.2 Å². The van der Waals surface area contributed by atoms with E-state index in [4.69, 9.17) is 0 Å². The molecule has 0 aliphatic carbocycles. The van der Waals surface area contributed by atoms with Crippen molar-refractivity contribution < 1.29 is 4.79 Å². The molecule has 0 bridgehead atoms. The first-order chi connectivity index (χ1) is 9.06. The Morgan fingerprint density at radius 1 is 1.21 bits per heavy atom. The monoisotopic (exact) mass is 401 g/mol. The van der Waals surface area contributed by atoms with E-state index in [0.717, 1.165) is 19.7 Å². The highest BCUT2D eigenvalue weighted by Crippen LogP contribution is 2.23. The molecule has 5 heteroatoms. The number of nitrogens with zero attached hydrogens (tertiary/aromatic N) is 1. The molecule has 1 heterocycles. The van der Waals surface area contributed by atoms with Crippen molar-refractivity contribution in [3.05, 3.63) is 55.1 Å². The fourth-order valence-electron chi connectivity index (χ4n) is 1.76. The second-order valence-corrected chi connectivity index (χ2v) is 7.61. The maximum atomic E-state index is 12.1. The molecular weight excluding hydrogens is 390 g/mol. The average Bonchev–Trinajstić information content (AvgIpc) is 2.79. The lowest BCUT2D eigenvalue weighted by Gasteiger charge is -2.16. The van der Waals surface area contributed by atoms with Crippen LogP contribution in [0.1, 0.15) is 15.2 Å². The topological polar surface area (TPSA) is 20.3 Å². The number of hydrogen-bond donors (Lipinski definition) is 0. The van der Waals surface area contributed by atoms with Gasteiger partial charge in [0.25, 0.3) is 0 Å². The van der Waals surface area contributed by atoms with Crippen LogP contribution < -0.4 is 0 Å². The second-order valence-electron chi connectivity index (χ2n) is 4.29. The summed E-state index contributed by atoms with van der Waals surface area (Å²) in [6, 6.07) is 11.8. The second kappa shape index (κ2) is 6.79. The first kappa shape index (κ1) is 14.9. The van der Waals surface area contributed by atoms with Gasteiger partial charge in [0.1, 0.15) is 0 Å². The van der Waals surface area contributed by atoms with Gasteiger partial charge in [-0.2, -0.15) is 0 Å². The summed E-state index contributed by atoms with van der Waals surface area (Å²) in [6.45, 7) is 1.17. The highest BCUT2D eigenvalue weighted by molar-refractivity contribution is 9.11. The van der Waals surface area contributed by atoms with E-state index in [2.05, 4.69) is 37.9 Å². The molecular formula is C14H13Br2NOS. The lowest BCUT2D eigenvalue weighted by Crippen LogP contribution is -2.25. The molecule has 2 rings (SSSR count). The standard InChI is InChI=1S/C14H13Br2NOS/c1-17(8-10-4-2-3-5-11(10)15)9-12(18)13-6-7-14(16)19-13/h2-7H,8-9H2,1H3. The zero-order valence-electron chi connectivity index (χ0n) is 10.4. The van der Waals surface area contributed by atoms with Crippen LogP contribution in [-0.4, -0.2) is 24.3 Å². The van der Waals surface area contributed by atoms with Crippen LogP contribution in [0.15, 0.2) is 44.7 Å². The van der Waals surface area contributed by atoms with Gasteiger partial charge in [-0.05, 0) is 46.7 Å². The summed E-state index contributed by atoms with van der Waals surface area (Å²) < 4.78 is 2.07. The number of hydrogen-bond acceptors (Lipinski definition) is 3. The quantitative estimate of drug-likeness (QED) is 0.681. The van der Waals surface area contributed by atoms with Gasteiger partial charge in [-0.1, -0.05) is 34.1 Å². The smallest absolute Gasteiger partial charge is 0.186 e. The summed E-state index contributed by atoms with van der Waals surface area (Å²) in [4.78, 5) is 14.9. The molecule has 0 atom stereocenters. The molecule has 0 saturated heterocycles. The molecule has 0 unspecified atom stereocenters. The molecule has 1 aromatic carbocycles. The van der Waals surface area contributed by atoms with E-state index in [1.807, 2.05) is 42.3 Å². The number of carbonyl (C=O) groups is 1. The summed E-state index contributed by atoms with van der Waals surface area (Å²) in [5, 5.41) is 0. The van der Waals surface area contributed by atoms with Gasteiger partial charge in [0.15, 0.2) is 5.78 Å². The predicted octanol–water partition coefficient (Wildman–Crippen LogP) is 4.59. The van der Waals surface area contributed by atoms with E-state index < -0.39 is 0 Å². The molecule has 100 valence electrons. The van der Waals surface area contributed by atoms with Gasteiger partial charge in [0, 0.05) is 11.0 Å². The molecule has 19 heavy (non-hydrogen) atoms. The Bertz CT molecular complexity index is 582. The van der Waals surface area contributed by atoms with E-state index >= 15 is 0 Å². The van der Waals surface area contributed by atoms with Gasteiger partial charge >= 0.3 is 0 Å². The molecule has 0 aliphatic heterocycles. The van der Waals surface area contributed by atoms with Crippen molar-refractivity contribution in [2.24, 2.45) is 0 Å². The minimum atomic E-state index is 0.158. The lowest BCUT2D eigenvalue weighted by atomic mass is 10.2. The molecule has 2 aromatic rings. The predicted molar refractivity (Wildman–Crippen MR) is 86.8 cm³/mol. The van der Waals surface area contributed by atoms with Crippen LogP contribution in [0, 0.1) is 0 Å². The van der Waals surface area contributed by atoms with E-state index in [0.29, 0.717) is 6.54 Å². The maximum absolute atomic E-state index is 12.1. The normalized spacial score (nSPS) is 10.9. The molecule has 0 fully saturated rings. The van der Waals surface area contributed by atoms with Gasteiger partial charge < -0.3 is 0 Å². The van der Waals surface area contributed by atoms with Crippen LogP contribution in [0.5, 0.6) is 0 Å². The van der Waals surface area contributed by atoms with Crippen molar-refractivity contribution in [2.45, 2.75) is 6.54 Å². The Hall–Kier alpha value is -0.490. The molecule has 0 spiro atoms. The van der Waals surface area contributed by atoms with E-state index in [1.54, 1.807) is 0 Å². The fraction of sp³-hybridized carbons (Fsp3) is 0.214. The van der Waals surface area contributed by atoms with Crippen LogP contribution >= 0.6 is 43.2 Å². The van der Waals surface area contributed by atoms with Gasteiger partial charge in [-0.25, -0.2) is 0 Å². The largest absolute Gasteiger partial charge is 0.295 e. The van der Waals surface area contributed by atoms with Crippen molar-refractivity contribution in [3.8, 4) is 0 Å². The van der Waals surface area contributed by atoms with Crippen molar-refractivity contribution in [1.29, 1.82) is 0 Å². The number of rotatable bonds is 5. The van der Waals surface area contributed by atoms with Gasteiger partial charge in [-0.3, -0.25) is 9.69 Å². The van der Waals surface area contributed by atoms with Gasteiger partial charge in [0.2, 0.25) is 0 Å². The van der Waals surface area contributed by atoms with Gasteiger partial charge in [-0.15, -0.1) is 11.3 Å². The molecule has 0 saturated carbocycles. The van der Waals surface area contributed by atoms with Crippen LogP contribution in [-0.2, 0) is 6.54 Å². The van der Waals surface area contributed by atoms with Crippen LogP contribution in [0.4, 0.5) is 0 Å². The minimum absolute atomic E-state index is 0.158. The summed E-state index contributed by atoms with van der Waals surface area (Å²) in [6.07, 6.45) is 0. The van der Waals surface area contributed by atoms with E-state index in [-0.39, 0.29) is 5.78 Å². The number of Topliss-reactive ketones (excluding diaryl/α,β-unsaturated/α-hetero) is 1. The Balaban J connectivity index is 1.96. The molecule has 0 amide bonds. The van der Waals surface area contributed by atoms with E-state index in [9.17, 15) is 4.79 Å². The third kappa shape index (κ3) is 4.24. The molecule has 0 radical (unpaired) electrons. The third-order valence-electron chi connectivity index (χ3n) is 2.66. The zero-order valence-corrected chi connectivity index (χ0v) is 14.4. The van der Waals surface area contributed by atoms with Crippen LogP contribution in [0.2, 0.25) is 0 Å². The molecule has 0 aliphatic rings. The number of carbonyl (C=O) groups excluding carboxylic acids is 1. The Labute approximate surface area is 133 Å². The highest BCUT2D eigenvalue weighted by Gasteiger charge is 2.12. The Kier molecular flexibility index (Phi) is 5.33. The molecule has 0 N–H and O–H groups in total. The van der Waals surface area contributed by atoms with Crippen molar-refractivity contribution in [2.75, 3.05) is 13.6 Å². The van der Waals surface area contributed by atoms with Crippen LogP contribution in [0.25, 0.3) is 0 Å². The van der Waals surface area contributed by atoms with Crippen molar-refractivity contribution >= 4 is 49.0 Å². The summed E-state index contributed by atoms with van der Waals surface area (Å²) in [7, 11) is 1.96.